The van der Waals surface area contributed by atoms with Gasteiger partial charge < -0.3 is 18.9 Å². The van der Waals surface area contributed by atoms with Crippen molar-refractivity contribution in [2.75, 3.05) is 20.2 Å². The van der Waals surface area contributed by atoms with E-state index in [1.165, 1.54) is 12.5 Å². The lowest BCUT2D eigenvalue weighted by molar-refractivity contribution is -0.139. The lowest BCUT2D eigenvalue weighted by Gasteiger charge is -2.16. The maximum atomic E-state index is 13.4. The fourth-order valence-corrected chi connectivity index (χ4v) is 3.70. The Labute approximate surface area is 181 Å². The van der Waals surface area contributed by atoms with Crippen LogP contribution in [0.2, 0.25) is 0 Å². The molecule has 1 aliphatic heterocycles. The number of likely N-dealkylation sites (tertiary alicyclic amines) is 1. The smallest absolute Gasteiger partial charge is 0.421 e. The topological polar surface area (TPSA) is 95.3 Å². The summed E-state index contributed by atoms with van der Waals surface area (Å²) in [6, 6.07) is 0.937. The Hall–Kier alpha value is -3.44. The van der Waals surface area contributed by atoms with Crippen LogP contribution in [0.5, 0.6) is 11.8 Å². The third-order valence-electron chi connectivity index (χ3n) is 5.31. The molecule has 0 N–H and O–H groups in total. The van der Waals surface area contributed by atoms with E-state index in [-0.39, 0.29) is 29.3 Å². The number of hydrogen-bond donors (Lipinski definition) is 0. The number of imidazole rings is 1. The van der Waals surface area contributed by atoms with E-state index in [9.17, 15) is 18.0 Å². The van der Waals surface area contributed by atoms with Gasteiger partial charge in [0.2, 0.25) is 17.7 Å². The number of rotatable bonds is 5. The van der Waals surface area contributed by atoms with E-state index in [2.05, 4.69) is 19.9 Å². The van der Waals surface area contributed by atoms with Gasteiger partial charge in [-0.25, -0.2) is 15.0 Å². The van der Waals surface area contributed by atoms with Crippen molar-refractivity contribution in [1.82, 2.24) is 29.4 Å². The molecule has 0 saturated carbocycles. The predicted octanol–water partition coefficient (Wildman–Crippen LogP) is 2.84. The average molecular weight is 450 g/mol. The molecule has 1 amide bonds. The summed E-state index contributed by atoms with van der Waals surface area (Å²) in [5, 5.41) is 0. The molecule has 4 heterocycles. The average Bonchev–Trinajstić information content (AvgIpc) is 3.37. The minimum atomic E-state index is -4.64. The van der Waals surface area contributed by atoms with Crippen LogP contribution in [0, 0.1) is 0 Å². The number of aryl methyl sites for hydroxylation is 1. The molecule has 0 aliphatic carbocycles. The second kappa shape index (κ2) is 8.24. The van der Waals surface area contributed by atoms with E-state index < -0.39 is 17.6 Å². The van der Waals surface area contributed by atoms with Gasteiger partial charge in [0, 0.05) is 38.2 Å². The van der Waals surface area contributed by atoms with Gasteiger partial charge in [-0.2, -0.15) is 18.2 Å². The lowest BCUT2D eigenvalue weighted by atomic mass is 10.2. The van der Waals surface area contributed by atoms with E-state index in [1.54, 1.807) is 23.4 Å². The summed E-state index contributed by atoms with van der Waals surface area (Å²) >= 11 is 0. The highest BCUT2D eigenvalue weighted by molar-refractivity contribution is 5.81. The van der Waals surface area contributed by atoms with Gasteiger partial charge in [-0.15, -0.1) is 0 Å². The molecule has 1 unspecified atom stereocenters. The Bertz CT molecular complexity index is 1160. The van der Waals surface area contributed by atoms with Crippen molar-refractivity contribution in [2.45, 2.75) is 32.0 Å². The molecule has 0 bridgehead atoms. The van der Waals surface area contributed by atoms with Crippen LogP contribution in [0.4, 0.5) is 13.2 Å². The number of nitrogens with zero attached hydrogens (tertiary/aromatic N) is 6. The molecule has 1 atom stereocenters. The van der Waals surface area contributed by atoms with Crippen LogP contribution in [0.1, 0.15) is 25.3 Å². The molecule has 0 spiro atoms. The van der Waals surface area contributed by atoms with Gasteiger partial charge in [-0.1, -0.05) is 6.92 Å². The highest BCUT2D eigenvalue weighted by Crippen LogP contribution is 2.37. The van der Waals surface area contributed by atoms with Crippen LogP contribution in [0.15, 0.2) is 18.6 Å². The SMILES string of the molecule is CCC(=O)N1CCC(Oc2ncnc3c2nc(-c2cnc(OC)c(C(F)(F)F)c2)n3C)C1. The van der Waals surface area contributed by atoms with Crippen LogP contribution >= 0.6 is 0 Å². The largest absolute Gasteiger partial charge is 0.481 e. The number of aromatic nitrogens is 5. The standard InChI is InChI=1S/C20H21F3N6O3/c1-4-14(30)29-6-5-12(9-29)32-19-15-17(25-10-26-19)28(2)16(27-15)11-7-13(20(21,22)23)18(31-3)24-8-11/h7-8,10,12H,4-6,9H2,1-3H3. The first-order valence-electron chi connectivity index (χ1n) is 9.96. The second-order valence-electron chi connectivity index (χ2n) is 7.35. The first-order valence-corrected chi connectivity index (χ1v) is 9.96. The first-order chi connectivity index (χ1) is 15.2. The Balaban J connectivity index is 1.69. The number of alkyl halides is 3. The fraction of sp³-hybridized carbons (Fsp3) is 0.450. The van der Waals surface area contributed by atoms with Crippen LogP contribution in [-0.4, -0.2) is 61.6 Å². The van der Waals surface area contributed by atoms with Crippen molar-refractivity contribution in [3.8, 4) is 23.1 Å². The van der Waals surface area contributed by atoms with Crippen molar-refractivity contribution in [3.05, 3.63) is 24.2 Å². The lowest BCUT2D eigenvalue weighted by Crippen LogP contribution is -2.30. The van der Waals surface area contributed by atoms with Crippen LogP contribution in [-0.2, 0) is 18.0 Å². The minimum absolute atomic E-state index is 0.0523. The molecule has 3 aromatic heterocycles. The molecule has 3 aromatic rings. The van der Waals surface area contributed by atoms with Crippen molar-refractivity contribution in [3.63, 3.8) is 0 Å². The van der Waals surface area contributed by atoms with Crippen molar-refractivity contribution in [2.24, 2.45) is 7.05 Å². The molecule has 32 heavy (non-hydrogen) atoms. The molecule has 170 valence electrons. The molecule has 4 rings (SSSR count). The predicted molar refractivity (Wildman–Crippen MR) is 107 cm³/mol. The molecule has 1 saturated heterocycles. The molecule has 1 aliphatic rings. The third-order valence-corrected chi connectivity index (χ3v) is 5.31. The molecule has 0 radical (unpaired) electrons. The van der Waals surface area contributed by atoms with Gasteiger partial charge >= 0.3 is 6.18 Å². The van der Waals surface area contributed by atoms with E-state index in [1.807, 2.05) is 0 Å². The summed E-state index contributed by atoms with van der Waals surface area (Å²) < 4.78 is 52.6. The summed E-state index contributed by atoms with van der Waals surface area (Å²) in [7, 11) is 2.76. The van der Waals surface area contributed by atoms with Gasteiger partial charge in [0.15, 0.2) is 11.2 Å². The molecular formula is C20H21F3N6O3. The zero-order valence-electron chi connectivity index (χ0n) is 17.7. The molecular weight excluding hydrogens is 429 g/mol. The van der Waals surface area contributed by atoms with Crippen LogP contribution < -0.4 is 9.47 Å². The van der Waals surface area contributed by atoms with Gasteiger partial charge in [0.1, 0.15) is 23.8 Å². The first kappa shape index (κ1) is 21.8. The number of carbonyl (C=O) groups is 1. The maximum absolute atomic E-state index is 13.4. The highest BCUT2D eigenvalue weighted by atomic mass is 19.4. The third kappa shape index (κ3) is 3.92. The minimum Gasteiger partial charge on any atom is -0.481 e. The van der Waals surface area contributed by atoms with Crippen molar-refractivity contribution in [1.29, 1.82) is 0 Å². The van der Waals surface area contributed by atoms with Gasteiger partial charge in [0.05, 0.1) is 13.7 Å². The zero-order valence-corrected chi connectivity index (χ0v) is 17.7. The normalized spacial score (nSPS) is 16.6. The number of methoxy groups -OCH3 is 1. The Morgan fingerprint density at radius 3 is 2.72 bits per heavy atom. The van der Waals surface area contributed by atoms with Gasteiger partial charge in [0.25, 0.3) is 0 Å². The Kier molecular flexibility index (Phi) is 5.61. The summed E-state index contributed by atoms with van der Waals surface area (Å²) in [6.45, 7) is 2.84. The molecule has 9 nitrogen and oxygen atoms in total. The summed E-state index contributed by atoms with van der Waals surface area (Å²) in [5.74, 6) is -0.0295. The summed E-state index contributed by atoms with van der Waals surface area (Å²) in [6.07, 6.45) is -1.27. The van der Waals surface area contributed by atoms with Gasteiger partial charge in [-0.05, 0) is 6.07 Å². The maximum Gasteiger partial charge on any atom is 0.421 e. The molecule has 0 aromatic carbocycles. The quantitative estimate of drug-likeness (QED) is 0.590. The zero-order chi connectivity index (χ0) is 23.0. The van der Waals surface area contributed by atoms with Crippen molar-refractivity contribution < 1.29 is 27.4 Å². The number of fused-ring (bicyclic) bond motifs is 1. The molecule has 12 heteroatoms. The monoisotopic (exact) mass is 450 g/mol. The second-order valence-corrected chi connectivity index (χ2v) is 7.35. The summed E-state index contributed by atoms with van der Waals surface area (Å²) in [5.41, 5.74) is -0.146. The van der Waals surface area contributed by atoms with Crippen LogP contribution in [0.3, 0.4) is 0 Å². The molecule has 1 fully saturated rings. The number of pyridine rings is 1. The highest BCUT2D eigenvalue weighted by Gasteiger charge is 2.36. The van der Waals surface area contributed by atoms with Crippen LogP contribution in [0.25, 0.3) is 22.6 Å². The van der Waals surface area contributed by atoms with Gasteiger partial charge in [-0.3, -0.25) is 4.79 Å². The number of carbonyl (C=O) groups excluding carboxylic acids is 1. The van der Waals surface area contributed by atoms with Crippen molar-refractivity contribution >= 4 is 17.1 Å². The number of hydrogen-bond acceptors (Lipinski definition) is 7. The van der Waals surface area contributed by atoms with E-state index in [0.29, 0.717) is 37.1 Å². The van der Waals surface area contributed by atoms with E-state index in [4.69, 9.17) is 9.47 Å². The Morgan fingerprint density at radius 2 is 2.03 bits per heavy atom. The fourth-order valence-electron chi connectivity index (χ4n) is 3.70. The number of amides is 1. The van der Waals surface area contributed by atoms with E-state index in [0.717, 1.165) is 13.2 Å². The summed E-state index contributed by atoms with van der Waals surface area (Å²) in [4.78, 5) is 30.3. The number of halogens is 3. The number of ether oxygens (including phenoxy) is 2. The Morgan fingerprint density at radius 1 is 1.25 bits per heavy atom. The van der Waals surface area contributed by atoms with E-state index >= 15 is 0 Å².